The molecule has 0 saturated carbocycles. The first-order valence-electron chi connectivity index (χ1n) is 4.68. The van der Waals surface area contributed by atoms with Crippen LogP contribution in [0.2, 0.25) is 0 Å². The van der Waals surface area contributed by atoms with E-state index in [2.05, 4.69) is 14.7 Å². The largest absolute Gasteiger partial charge is 0.464 e. The Hall–Kier alpha value is -1.75. The van der Waals surface area contributed by atoms with E-state index in [0.29, 0.717) is 5.69 Å². The Morgan fingerprint density at radius 2 is 2.25 bits per heavy atom. The molecule has 0 aliphatic carbocycles. The summed E-state index contributed by atoms with van der Waals surface area (Å²) in [6.45, 7) is 1.91. The number of hydrogen-bond donors (Lipinski definition) is 0. The number of methoxy groups -OCH3 is 1. The number of aryl methyl sites for hydroxylation is 1. The average molecular weight is 234 g/mol. The SMILES string of the molecule is COC(=O)c1ncsc1-c1cccc(C)n1. The summed E-state index contributed by atoms with van der Waals surface area (Å²) in [5.41, 5.74) is 3.60. The molecule has 0 aliphatic heterocycles. The maximum atomic E-state index is 11.4. The second kappa shape index (κ2) is 4.40. The first-order valence-corrected chi connectivity index (χ1v) is 5.56. The average Bonchev–Trinajstić information content (AvgIpc) is 2.77. The van der Waals surface area contributed by atoms with Gasteiger partial charge in [-0.2, -0.15) is 0 Å². The van der Waals surface area contributed by atoms with Crippen LogP contribution in [0.4, 0.5) is 0 Å². The fourth-order valence-corrected chi connectivity index (χ4v) is 2.09. The van der Waals surface area contributed by atoms with Gasteiger partial charge in [0.15, 0.2) is 5.69 Å². The first kappa shape index (κ1) is 10.8. The van der Waals surface area contributed by atoms with Gasteiger partial charge in [-0.15, -0.1) is 11.3 Å². The quantitative estimate of drug-likeness (QED) is 0.748. The van der Waals surface area contributed by atoms with E-state index in [1.54, 1.807) is 5.51 Å². The maximum absolute atomic E-state index is 11.4. The number of ether oxygens (including phenoxy) is 1. The van der Waals surface area contributed by atoms with Gasteiger partial charge in [0.2, 0.25) is 0 Å². The third-order valence-electron chi connectivity index (χ3n) is 2.07. The number of carbonyl (C=O) groups excluding carboxylic acids is 1. The summed E-state index contributed by atoms with van der Waals surface area (Å²) in [7, 11) is 1.34. The van der Waals surface area contributed by atoms with Crippen LogP contribution in [-0.4, -0.2) is 23.0 Å². The van der Waals surface area contributed by atoms with Crippen LogP contribution in [0, 0.1) is 6.92 Å². The predicted molar refractivity (Wildman–Crippen MR) is 61.4 cm³/mol. The lowest BCUT2D eigenvalue weighted by molar-refractivity contribution is 0.0596. The fourth-order valence-electron chi connectivity index (χ4n) is 1.34. The van der Waals surface area contributed by atoms with Gasteiger partial charge in [0.1, 0.15) is 0 Å². The molecule has 82 valence electrons. The molecule has 0 atom stereocenters. The molecule has 5 heteroatoms. The van der Waals surface area contributed by atoms with Crippen molar-refractivity contribution in [3.63, 3.8) is 0 Å². The van der Waals surface area contributed by atoms with Gasteiger partial charge in [-0.1, -0.05) is 6.07 Å². The molecule has 0 aromatic carbocycles. The molecule has 0 spiro atoms. The van der Waals surface area contributed by atoms with Crippen LogP contribution in [0.3, 0.4) is 0 Å². The summed E-state index contributed by atoms with van der Waals surface area (Å²) in [4.78, 5) is 20.5. The van der Waals surface area contributed by atoms with E-state index in [-0.39, 0.29) is 0 Å². The topological polar surface area (TPSA) is 52.1 Å². The zero-order chi connectivity index (χ0) is 11.5. The van der Waals surface area contributed by atoms with Crippen LogP contribution in [0.15, 0.2) is 23.7 Å². The smallest absolute Gasteiger partial charge is 0.358 e. The number of thiazole rings is 1. The van der Waals surface area contributed by atoms with Crippen molar-refractivity contribution in [2.45, 2.75) is 6.92 Å². The van der Waals surface area contributed by atoms with Crippen molar-refractivity contribution in [2.24, 2.45) is 0 Å². The highest BCUT2D eigenvalue weighted by Crippen LogP contribution is 2.26. The van der Waals surface area contributed by atoms with Crippen molar-refractivity contribution >= 4 is 17.3 Å². The summed E-state index contributed by atoms with van der Waals surface area (Å²) < 4.78 is 4.66. The lowest BCUT2D eigenvalue weighted by atomic mass is 10.2. The van der Waals surface area contributed by atoms with Crippen molar-refractivity contribution < 1.29 is 9.53 Å². The van der Waals surface area contributed by atoms with Crippen LogP contribution in [0.5, 0.6) is 0 Å². The molecular weight excluding hydrogens is 224 g/mol. The van der Waals surface area contributed by atoms with E-state index in [1.165, 1.54) is 18.4 Å². The lowest BCUT2D eigenvalue weighted by Gasteiger charge is -2.01. The minimum Gasteiger partial charge on any atom is -0.464 e. The van der Waals surface area contributed by atoms with Crippen LogP contribution in [-0.2, 0) is 4.74 Å². The molecule has 0 N–H and O–H groups in total. The molecule has 0 saturated heterocycles. The maximum Gasteiger partial charge on any atom is 0.358 e. The summed E-state index contributed by atoms with van der Waals surface area (Å²) in [6.07, 6.45) is 0. The van der Waals surface area contributed by atoms with Crippen molar-refractivity contribution in [3.8, 4) is 10.6 Å². The number of hydrogen-bond acceptors (Lipinski definition) is 5. The van der Waals surface area contributed by atoms with Crippen molar-refractivity contribution in [2.75, 3.05) is 7.11 Å². The van der Waals surface area contributed by atoms with Gasteiger partial charge in [-0.25, -0.2) is 9.78 Å². The molecule has 2 aromatic rings. The molecule has 2 heterocycles. The summed E-state index contributed by atoms with van der Waals surface area (Å²) in [5.74, 6) is -0.431. The number of aromatic nitrogens is 2. The molecular formula is C11H10N2O2S. The minimum absolute atomic E-state index is 0.325. The number of esters is 1. The fraction of sp³-hybridized carbons (Fsp3) is 0.182. The predicted octanol–water partition coefficient (Wildman–Crippen LogP) is 2.30. The van der Waals surface area contributed by atoms with Crippen molar-refractivity contribution in [3.05, 3.63) is 35.1 Å². The molecule has 16 heavy (non-hydrogen) atoms. The Labute approximate surface area is 96.9 Å². The minimum atomic E-state index is -0.431. The molecule has 0 radical (unpaired) electrons. The highest BCUT2D eigenvalue weighted by molar-refractivity contribution is 7.13. The van der Waals surface area contributed by atoms with Gasteiger partial charge in [0.05, 0.1) is 23.2 Å². The third kappa shape index (κ3) is 1.94. The molecule has 0 unspecified atom stereocenters. The Balaban J connectivity index is 2.48. The van der Waals surface area contributed by atoms with Crippen LogP contribution < -0.4 is 0 Å². The van der Waals surface area contributed by atoms with Gasteiger partial charge in [-0.05, 0) is 19.1 Å². The highest BCUT2D eigenvalue weighted by atomic mass is 32.1. The highest BCUT2D eigenvalue weighted by Gasteiger charge is 2.17. The van der Waals surface area contributed by atoms with E-state index >= 15 is 0 Å². The zero-order valence-electron chi connectivity index (χ0n) is 8.93. The molecule has 2 aromatic heterocycles. The molecule has 2 rings (SSSR count). The number of nitrogens with zero attached hydrogens (tertiary/aromatic N) is 2. The summed E-state index contributed by atoms with van der Waals surface area (Å²) in [6, 6.07) is 5.66. The summed E-state index contributed by atoms with van der Waals surface area (Å²) >= 11 is 1.38. The van der Waals surface area contributed by atoms with E-state index in [4.69, 9.17) is 0 Å². The van der Waals surface area contributed by atoms with Gasteiger partial charge < -0.3 is 4.74 Å². The molecule has 0 amide bonds. The van der Waals surface area contributed by atoms with E-state index in [9.17, 15) is 4.79 Å². The van der Waals surface area contributed by atoms with Gasteiger partial charge in [0.25, 0.3) is 0 Å². The molecule has 0 bridgehead atoms. The Bertz CT molecular complexity index is 522. The van der Waals surface area contributed by atoms with Crippen LogP contribution in [0.25, 0.3) is 10.6 Å². The molecule has 4 nitrogen and oxygen atoms in total. The first-order chi connectivity index (χ1) is 7.72. The van der Waals surface area contributed by atoms with Crippen LogP contribution in [0.1, 0.15) is 16.2 Å². The Morgan fingerprint density at radius 1 is 1.44 bits per heavy atom. The second-order valence-corrected chi connectivity index (χ2v) is 4.04. The van der Waals surface area contributed by atoms with Gasteiger partial charge >= 0.3 is 5.97 Å². The van der Waals surface area contributed by atoms with Crippen molar-refractivity contribution in [1.82, 2.24) is 9.97 Å². The second-order valence-electron chi connectivity index (χ2n) is 3.19. The number of carbonyl (C=O) groups is 1. The third-order valence-corrected chi connectivity index (χ3v) is 2.92. The standard InChI is InChI=1S/C11H10N2O2S/c1-7-4-3-5-8(13-7)10-9(11(14)15-2)12-6-16-10/h3-6H,1-2H3. The normalized spacial score (nSPS) is 10.1. The van der Waals surface area contributed by atoms with Crippen LogP contribution >= 0.6 is 11.3 Å². The van der Waals surface area contributed by atoms with Crippen molar-refractivity contribution in [1.29, 1.82) is 0 Å². The van der Waals surface area contributed by atoms with E-state index in [0.717, 1.165) is 16.3 Å². The van der Waals surface area contributed by atoms with Gasteiger partial charge in [-0.3, -0.25) is 4.98 Å². The van der Waals surface area contributed by atoms with E-state index in [1.807, 2.05) is 25.1 Å². The molecule has 0 aliphatic rings. The Kier molecular flexibility index (Phi) is 2.96. The zero-order valence-corrected chi connectivity index (χ0v) is 9.75. The Morgan fingerprint density at radius 3 is 2.94 bits per heavy atom. The van der Waals surface area contributed by atoms with Gasteiger partial charge in [0, 0.05) is 5.69 Å². The monoisotopic (exact) mass is 234 g/mol. The summed E-state index contributed by atoms with van der Waals surface area (Å²) in [5, 5.41) is 0. The number of rotatable bonds is 2. The lowest BCUT2D eigenvalue weighted by Crippen LogP contribution is -2.03. The number of pyridine rings is 1. The van der Waals surface area contributed by atoms with E-state index < -0.39 is 5.97 Å². The molecule has 0 fully saturated rings.